The average Bonchev–Trinajstić information content (AvgIpc) is 3.44. The molecule has 0 aliphatic carbocycles. The van der Waals surface area contributed by atoms with E-state index >= 15 is 0 Å². The first-order chi connectivity index (χ1) is 14.5. The number of esters is 2. The summed E-state index contributed by atoms with van der Waals surface area (Å²) in [4.78, 5) is 23.9. The number of nitrogens with zero attached hydrogens (tertiary/aromatic N) is 3. The fraction of sp³-hybridized carbons (Fsp3) is 0.500. The summed E-state index contributed by atoms with van der Waals surface area (Å²) in [6, 6.07) is 7.60. The Hall–Kier alpha value is -2.98. The number of aromatic nitrogens is 3. The van der Waals surface area contributed by atoms with E-state index in [0.717, 1.165) is 17.7 Å². The van der Waals surface area contributed by atoms with Crippen LogP contribution in [0.4, 0.5) is 0 Å². The molecule has 1 fully saturated rings. The Kier molecular flexibility index (Phi) is 7.01. The van der Waals surface area contributed by atoms with Crippen LogP contribution in [0.15, 0.2) is 24.3 Å². The standard InChI is InChI=1S/C20H25N3O7/c1-26-15-8-6-14(7-9-15)20(29-12-13-30-20)10-4-5-11-23-17(19(25)28-3)16(21-22-23)18(24)27-2/h6-9H,4-5,10-13H2,1-3H3. The highest BCUT2D eigenvalue weighted by atomic mass is 16.7. The zero-order valence-electron chi connectivity index (χ0n) is 17.3. The number of unbranched alkanes of at least 4 members (excludes halogenated alkanes) is 1. The zero-order chi connectivity index (χ0) is 21.6. The van der Waals surface area contributed by atoms with E-state index in [4.69, 9.17) is 18.9 Å². The second-order valence-electron chi connectivity index (χ2n) is 6.63. The number of ether oxygens (including phenoxy) is 5. The average molecular weight is 419 g/mol. The fourth-order valence-electron chi connectivity index (χ4n) is 3.38. The van der Waals surface area contributed by atoms with Crippen LogP contribution in [0, 0.1) is 0 Å². The van der Waals surface area contributed by atoms with Gasteiger partial charge in [-0.25, -0.2) is 14.3 Å². The van der Waals surface area contributed by atoms with Crippen LogP contribution in [0.25, 0.3) is 0 Å². The third-order valence-corrected chi connectivity index (χ3v) is 4.90. The topological polar surface area (TPSA) is 111 Å². The molecule has 0 unspecified atom stereocenters. The molecule has 1 aliphatic rings. The Balaban J connectivity index is 1.66. The molecule has 0 amide bonds. The fourth-order valence-corrected chi connectivity index (χ4v) is 3.38. The Morgan fingerprint density at radius 2 is 1.70 bits per heavy atom. The molecule has 1 aromatic carbocycles. The summed E-state index contributed by atoms with van der Waals surface area (Å²) in [7, 11) is 4.06. The van der Waals surface area contributed by atoms with E-state index in [1.807, 2.05) is 24.3 Å². The second-order valence-corrected chi connectivity index (χ2v) is 6.63. The summed E-state index contributed by atoms with van der Waals surface area (Å²) in [5.74, 6) is -1.49. The number of rotatable bonds is 9. The lowest BCUT2D eigenvalue weighted by Gasteiger charge is -2.28. The van der Waals surface area contributed by atoms with Crippen LogP contribution in [0.5, 0.6) is 5.75 Å². The first-order valence-electron chi connectivity index (χ1n) is 9.57. The van der Waals surface area contributed by atoms with Gasteiger partial charge in [-0.3, -0.25) is 0 Å². The van der Waals surface area contributed by atoms with Crippen LogP contribution in [0.3, 0.4) is 0 Å². The van der Waals surface area contributed by atoms with Gasteiger partial charge in [0, 0.05) is 18.5 Å². The van der Waals surface area contributed by atoms with Crippen LogP contribution in [-0.2, 0) is 31.3 Å². The van der Waals surface area contributed by atoms with Crippen molar-refractivity contribution in [2.45, 2.75) is 31.6 Å². The van der Waals surface area contributed by atoms with Gasteiger partial charge in [-0.15, -0.1) is 5.10 Å². The molecule has 0 spiro atoms. The van der Waals surface area contributed by atoms with Gasteiger partial charge in [0.25, 0.3) is 0 Å². The minimum Gasteiger partial charge on any atom is -0.497 e. The number of hydrogen-bond donors (Lipinski definition) is 0. The van der Waals surface area contributed by atoms with E-state index in [-0.39, 0.29) is 11.4 Å². The number of hydrogen-bond acceptors (Lipinski definition) is 9. The molecule has 162 valence electrons. The van der Waals surface area contributed by atoms with Gasteiger partial charge in [0.2, 0.25) is 5.69 Å². The maximum absolute atomic E-state index is 12.1. The molecule has 0 radical (unpaired) electrons. The lowest BCUT2D eigenvalue weighted by molar-refractivity contribution is -0.171. The molecule has 0 N–H and O–H groups in total. The summed E-state index contributed by atoms with van der Waals surface area (Å²) in [5, 5.41) is 7.67. The van der Waals surface area contributed by atoms with Crippen LogP contribution >= 0.6 is 0 Å². The van der Waals surface area contributed by atoms with Crippen molar-refractivity contribution in [3.8, 4) is 5.75 Å². The first-order valence-corrected chi connectivity index (χ1v) is 9.57. The quantitative estimate of drug-likeness (QED) is 0.444. The Morgan fingerprint density at radius 1 is 1.03 bits per heavy atom. The van der Waals surface area contributed by atoms with Crippen LogP contribution in [0.2, 0.25) is 0 Å². The first kappa shape index (κ1) is 21.7. The van der Waals surface area contributed by atoms with Crippen molar-refractivity contribution in [2.24, 2.45) is 0 Å². The van der Waals surface area contributed by atoms with E-state index < -0.39 is 17.7 Å². The molecule has 3 rings (SSSR count). The highest BCUT2D eigenvalue weighted by Crippen LogP contribution is 2.37. The molecule has 2 aromatic rings. The van der Waals surface area contributed by atoms with E-state index in [1.54, 1.807) is 7.11 Å². The lowest BCUT2D eigenvalue weighted by atomic mass is 9.99. The minimum atomic E-state index is -0.809. The third kappa shape index (κ3) is 4.44. The molecular formula is C20H25N3O7. The van der Waals surface area contributed by atoms with Gasteiger partial charge >= 0.3 is 11.9 Å². The molecule has 1 aliphatic heterocycles. The molecule has 2 heterocycles. The van der Waals surface area contributed by atoms with Crippen molar-refractivity contribution in [3.63, 3.8) is 0 Å². The molecular weight excluding hydrogens is 394 g/mol. The largest absolute Gasteiger partial charge is 0.497 e. The summed E-state index contributed by atoms with van der Waals surface area (Å²) in [6.45, 7) is 1.40. The van der Waals surface area contributed by atoms with Gasteiger partial charge < -0.3 is 23.7 Å². The van der Waals surface area contributed by atoms with Gasteiger partial charge in [-0.1, -0.05) is 5.21 Å². The van der Waals surface area contributed by atoms with Crippen molar-refractivity contribution in [2.75, 3.05) is 34.5 Å². The van der Waals surface area contributed by atoms with Gasteiger partial charge in [0.05, 0.1) is 34.5 Å². The van der Waals surface area contributed by atoms with E-state index in [0.29, 0.717) is 32.6 Å². The van der Waals surface area contributed by atoms with Gasteiger partial charge in [-0.2, -0.15) is 0 Å². The zero-order valence-corrected chi connectivity index (χ0v) is 17.3. The van der Waals surface area contributed by atoms with E-state index in [9.17, 15) is 9.59 Å². The van der Waals surface area contributed by atoms with Crippen LogP contribution in [-0.4, -0.2) is 61.5 Å². The van der Waals surface area contributed by atoms with Crippen molar-refractivity contribution < 1.29 is 33.3 Å². The maximum atomic E-state index is 12.1. The predicted octanol–water partition coefficient (Wildman–Crippen LogP) is 1.93. The predicted molar refractivity (Wildman–Crippen MR) is 103 cm³/mol. The summed E-state index contributed by atoms with van der Waals surface area (Å²) in [5.41, 5.74) is 0.730. The minimum absolute atomic E-state index is 0.0254. The molecule has 10 heteroatoms. The van der Waals surface area contributed by atoms with Gasteiger partial charge in [0.1, 0.15) is 5.75 Å². The van der Waals surface area contributed by atoms with Crippen LogP contribution in [0.1, 0.15) is 45.8 Å². The van der Waals surface area contributed by atoms with Gasteiger partial charge in [0.15, 0.2) is 11.5 Å². The number of methoxy groups -OCH3 is 3. The SMILES string of the molecule is COC(=O)c1nnn(CCCCC2(c3ccc(OC)cc3)OCCO2)c1C(=O)OC. The smallest absolute Gasteiger partial charge is 0.361 e. The molecule has 10 nitrogen and oxygen atoms in total. The van der Waals surface area contributed by atoms with Crippen molar-refractivity contribution >= 4 is 11.9 Å². The summed E-state index contributed by atoms with van der Waals surface area (Å²) < 4.78 is 27.9. The maximum Gasteiger partial charge on any atom is 0.361 e. The highest BCUT2D eigenvalue weighted by molar-refractivity contribution is 6.00. The number of aryl methyl sites for hydroxylation is 1. The highest BCUT2D eigenvalue weighted by Gasteiger charge is 2.38. The third-order valence-electron chi connectivity index (χ3n) is 4.90. The molecule has 0 atom stereocenters. The van der Waals surface area contributed by atoms with E-state index in [1.165, 1.54) is 18.9 Å². The number of carbonyl (C=O) groups is 2. The second kappa shape index (κ2) is 9.68. The van der Waals surface area contributed by atoms with E-state index in [2.05, 4.69) is 15.0 Å². The molecule has 1 saturated heterocycles. The molecule has 1 aromatic heterocycles. The Morgan fingerprint density at radius 3 is 2.30 bits per heavy atom. The van der Waals surface area contributed by atoms with Crippen molar-refractivity contribution in [3.05, 3.63) is 41.2 Å². The summed E-state index contributed by atoms with van der Waals surface area (Å²) >= 11 is 0. The molecule has 30 heavy (non-hydrogen) atoms. The Labute approximate surface area is 174 Å². The normalized spacial score (nSPS) is 15.0. The van der Waals surface area contributed by atoms with Crippen LogP contribution < -0.4 is 4.74 Å². The number of carbonyl (C=O) groups excluding carboxylic acids is 2. The lowest BCUT2D eigenvalue weighted by Crippen LogP contribution is -2.27. The monoisotopic (exact) mass is 419 g/mol. The molecule has 0 bridgehead atoms. The summed E-state index contributed by atoms with van der Waals surface area (Å²) in [6.07, 6.45) is 1.99. The van der Waals surface area contributed by atoms with Gasteiger partial charge in [-0.05, 0) is 37.1 Å². The molecule has 0 saturated carbocycles. The number of benzene rings is 1. The van der Waals surface area contributed by atoms with Crippen molar-refractivity contribution in [1.29, 1.82) is 0 Å². The Bertz CT molecular complexity index is 873. The van der Waals surface area contributed by atoms with Crippen molar-refractivity contribution in [1.82, 2.24) is 15.0 Å².